The van der Waals surface area contributed by atoms with Crippen molar-refractivity contribution in [2.45, 2.75) is 90.6 Å². The molecule has 1 N–H and O–H groups in total. The topological polar surface area (TPSA) is 72.5 Å². The molecule has 0 aliphatic rings. The highest BCUT2D eigenvalue weighted by Crippen LogP contribution is 2.21. The Labute approximate surface area is 281 Å². The Morgan fingerprint density at radius 3 is 1.72 bits per heavy atom. The monoisotopic (exact) mass is 643 g/mol. The Kier molecular flexibility index (Phi) is 18.7. The third-order valence-corrected chi connectivity index (χ3v) is 7.30. The standard InChI is InChI=1S/C40H50ClNO4/c1-4-5-6-7-8-9-10-11-12-13-14-15-16-17-18-19-20-22-36(43)23-21-32-42-39(45)40(2,3)46-37-30-26-34(27-31-37)38(44)33-24-28-35(41)29-25-33/h5-6,8-9,11-12,14-15,17-18,24-31H,4,7,10,13,16,19-23,32H2,1-3H3,(H,42,45)/b6-5-,9-8-,12-11-,15-14-,18-17-. The van der Waals surface area contributed by atoms with Crippen LogP contribution in [0.3, 0.4) is 0 Å². The molecule has 0 spiro atoms. The van der Waals surface area contributed by atoms with Crippen LogP contribution in [0.1, 0.15) is 101 Å². The maximum Gasteiger partial charge on any atom is 0.263 e. The lowest BCUT2D eigenvalue weighted by molar-refractivity contribution is -0.134. The highest BCUT2D eigenvalue weighted by atomic mass is 35.5. The second kappa shape index (κ2) is 22.5. The van der Waals surface area contributed by atoms with Gasteiger partial charge in [-0.1, -0.05) is 79.3 Å². The summed E-state index contributed by atoms with van der Waals surface area (Å²) in [6.07, 6.45) is 30.0. The van der Waals surface area contributed by atoms with Gasteiger partial charge in [0, 0.05) is 35.5 Å². The van der Waals surface area contributed by atoms with Crippen molar-refractivity contribution in [1.29, 1.82) is 0 Å². The molecule has 2 rings (SSSR count). The first kappa shape index (κ1) is 38.2. The number of halogens is 1. The number of carbonyl (C=O) groups is 3. The van der Waals surface area contributed by atoms with Gasteiger partial charge in [0.25, 0.3) is 5.91 Å². The fourth-order valence-corrected chi connectivity index (χ4v) is 4.52. The van der Waals surface area contributed by atoms with Crippen LogP contribution in [-0.4, -0.2) is 29.6 Å². The average Bonchev–Trinajstić information content (AvgIpc) is 3.04. The fourth-order valence-electron chi connectivity index (χ4n) is 4.39. The van der Waals surface area contributed by atoms with Crippen molar-refractivity contribution in [3.05, 3.63) is 125 Å². The second-order valence-corrected chi connectivity index (χ2v) is 11.9. The first-order valence-corrected chi connectivity index (χ1v) is 16.7. The Morgan fingerprint density at radius 2 is 1.17 bits per heavy atom. The Morgan fingerprint density at radius 1 is 0.696 bits per heavy atom. The fraction of sp³-hybridized carbons (Fsp3) is 0.375. The molecule has 0 aliphatic carbocycles. The number of benzene rings is 2. The van der Waals surface area contributed by atoms with Crippen molar-refractivity contribution in [1.82, 2.24) is 5.32 Å². The lowest BCUT2D eigenvalue weighted by Crippen LogP contribution is -2.46. The third kappa shape index (κ3) is 16.4. The number of carbonyl (C=O) groups excluding carboxylic acids is 3. The molecule has 0 radical (unpaired) electrons. The van der Waals surface area contributed by atoms with Gasteiger partial charge in [0.15, 0.2) is 11.4 Å². The molecule has 5 nitrogen and oxygen atoms in total. The van der Waals surface area contributed by atoms with Crippen LogP contribution in [0.25, 0.3) is 0 Å². The number of rotatable bonds is 22. The first-order valence-electron chi connectivity index (χ1n) is 16.4. The smallest absolute Gasteiger partial charge is 0.263 e. The molecule has 6 heteroatoms. The number of amides is 1. The molecule has 0 saturated carbocycles. The molecule has 0 saturated heterocycles. The van der Waals surface area contributed by atoms with E-state index in [2.05, 4.69) is 73.0 Å². The SMILES string of the molecule is CC/C=C\C/C=C\C/C=C\C/C=C\C/C=C\CCCC(=O)CCCNC(=O)C(C)(C)Oc1ccc(C(=O)c2ccc(Cl)cc2)cc1. The minimum absolute atomic E-state index is 0.121. The summed E-state index contributed by atoms with van der Waals surface area (Å²) in [5.74, 6) is 0.310. The molecule has 0 aliphatic heterocycles. The van der Waals surface area contributed by atoms with E-state index >= 15 is 0 Å². The summed E-state index contributed by atoms with van der Waals surface area (Å²) >= 11 is 5.91. The summed E-state index contributed by atoms with van der Waals surface area (Å²) in [7, 11) is 0. The van der Waals surface area contributed by atoms with E-state index in [1.165, 1.54) is 0 Å². The summed E-state index contributed by atoms with van der Waals surface area (Å²) in [6.45, 7) is 5.93. The van der Waals surface area contributed by atoms with E-state index in [-0.39, 0.29) is 17.5 Å². The quantitative estimate of drug-likeness (QED) is 0.0787. The van der Waals surface area contributed by atoms with Crippen molar-refractivity contribution < 1.29 is 19.1 Å². The minimum atomic E-state index is -1.12. The van der Waals surface area contributed by atoms with Gasteiger partial charge >= 0.3 is 0 Å². The molecular formula is C40H50ClNO4. The van der Waals surface area contributed by atoms with Crippen LogP contribution in [0, 0.1) is 0 Å². The summed E-state index contributed by atoms with van der Waals surface area (Å²) < 4.78 is 5.92. The molecule has 0 unspecified atom stereocenters. The Bertz CT molecular complexity index is 1350. The number of hydrogen-bond donors (Lipinski definition) is 1. The van der Waals surface area contributed by atoms with Gasteiger partial charge in [-0.25, -0.2) is 0 Å². The zero-order chi connectivity index (χ0) is 33.5. The van der Waals surface area contributed by atoms with E-state index in [0.717, 1.165) is 44.9 Å². The molecule has 246 valence electrons. The van der Waals surface area contributed by atoms with Crippen LogP contribution < -0.4 is 10.1 Å². The first-order chi connectivity index (χ1) is 22.2. The van der Waals surface area contributed by atoms with Gasteiger partial charge in [0.2, 0.25) is 0 Å². The molecule has 0 bridgehead atoms. The van der Waals surface area contributed by atoms with Gasteiger partial charge in [-0.05, 0) is 114 Å². The van der Waals surface area contributed by atoms with E-state index in [0.29, 0.717) is 47.7 Å². The predicted molar refractivity (Wildman–Crippen MR) is 192 cm³/mol. The number of ketones is 2. The van der Waals surface area contributed by atoms with Crippen LogP contribution >= 0.6 is 11.6 Å². The van der Waals surface area contributed by atoms with Crippen molar-refractivity contribution in [2.75, 3.05) is 6.54 Å². The van der Waals surface area contributed by atoms with Crippen molar-refractivity contribution >= 4 is 29.1 Å². The van der Waals surface area contributed by atoms with E-state index < -0.39 is 5.60 Å². The molecular weight excluding hydrogens is 594 g/mol. The van der Waals surface area contributed by atoms with Crippen LogP contribution in [0.4, 0.5) is 0 Å². The summed E-state index contributed by atoms with van der Waals surface area (Å²) in [5.41, 5.74) is -0.0616. The van der Waals surface area contributed by atoms with Gasteiger partial charge in [-0.3, -0.25) is 14.4 Å². The highest BCUT2D eigenvalue weighted by Gasteiger charge is 2.29. The molecule has 0 heterocycles. The third-order valence-electron chi connectivity index (χ3n) is 7.04. The van der Waals surface area contributed by atoms with Gasteiger partial charge in [0.05, 0.1) is 0 Å². The minimum Gasteiger partial charge on any atom is -0.478 e. The zero-order valence-corrected chi connectivity index (χ0v) is 28.4. The molecule has 46 heavy (non-hydrogen) atoms. The van der Waals surface area contributed by atoms with Crippen LogP contribution in [0.5, 0.6) is 5.75 Å². The normalized spacial score (nSPS) is 12.3. The van der Waals surface area contributed by atoms with E-state index in [1.807, 2.05) is 0 Å². The number of hydrogen-bond acceptors (Lipinski definition) is 4. The maximum atomic E-state index is 12.7. The highest BCUT2D eigenvalue weighted by molar-refractivity contribution is 6.30. The van der Waals surface area contributed by atoms with Gasteiger partial charge < -0.3 is 10.1 Å². The molecule has 0 aromatic heterocycles. The Balaban J connectivity index is 1.55. The summed E-state index contributed by atoms with van der Waals surface area (Å²) in [5, 5.41) is 3.44. The van der Waals surface area contributed by atoms with Gasteiger partial charge in [0.1, 0.15) is 11.5 Å². The van der Waals surface area contributed by atoms with Gasteiger partial charge in [-0.2, -0.15) is 0 Å². The van der Waals surface area contributed by atoms with Crippen molar-refractivity contribution in [3.63, 3.8) is 0 Å². The Hall–Kier alpha value is -3.96. The van der Waals surface area contributed by atoms with Crippen molar-refractivity contribution in [2.24, 2.45) is 0 Å². The molecule has 0 atom stereocenters. The average molecular weight is 644 g/mol. The van der Waals surface area contributed by atoms with Crippen LogP contribution in [0.2, 0.25) is 5.02 Å². The van der Waals surface area contributed by atoms with Gasteiger partial charge in [-0.15, -0.1) is 0 Å². The van der Waals surface area contributed by atoms with E-state index in [4.69, 9.17) is 16.3 Å². The second-order valence-electron chi connectivity index (χ2n) is 11.5. The number of unbranched alkanes of at least 4 members (excludes halogenated alkanes) is 1. The lowest BCUT2D eigenvalue weighted by Gasteiger charge is -2.25. The number of allylic oxidation sites excluding steroid dienone is 10. The van der Waals surface area contributed by atoms with Crippen LogP contribution in [-0.2, 0) is 9.59 Å². The van der Waals surface area contributed by atoms with E-state index in [9.17, 15) is 14.4 Å². The molecule has 2 aromatic carbocycles. The number of nitrogens with one attached hydrogen (secondary N) is 1. The predicted octanol–water partition coefficient (Wildman–Crippen LogP) is 10.1. The molecule has 2 aromatic rings. The van der Waals surface area contributed by atoms with Crippen LogP contribution in [0.15, 0.2) is 109 Å². The van der Waals surface area contributed by atoms with E-state index in [1.54, 1.807) is 62.4 Å². The van der Waals surface area contributed by atoms with Crippen molar-refractivity contribution in [3.8, 4) is 5.75 Å². The molecule has 1 amide bonds. The number of Topliss-reactive ketones (excluding diaryl/α,β-unsaturated/α-hetero) is 1. The maximum absolute atomic E-state index is 12.7. The summed E-state index contributed by atoms with van der Waals surface area (Å²) in [6, 6.07) is 13.4. The lowest BCUT2D eigenvalue weighted by atomic mass is 10.0. The number of ether oxygens (including phenoxy) is 1. The summed E-state index contributed by atoms with van der Waals surface area (Å²) in [4.78, 5) is 37.7. The largest absolute Gasteiger partial charge is 0.478 e. The zero-order valence-electron chi connectivity index (χ0n) is 27.7. The molecule has 0 fully saturated rings.